The van der Waals surface area contributed by atoms with Gasteiger partial charge < -0.3 is 9.84 Å². The molecule has 0 bridgehead atoms. The summed E-state index contributed by atoms with van der Waals surface area (Å²) in [5.74, 6) is 2.11. The molecule has 4 nitrogen and oxygen atoms in total. The minimum Gasteiger partial charge on any atom is -0.339 e. The molecule has 4 heteroatoms. The van der Waals surface area contributed by atoms with Crippen molar-refractivity contribution in [2.75, 3.05) is 13.1 Å². The Morgan fingerprint density at radius 2 is 2.50 bits per heavy atom. The predicted octanol–water partition coefficient (Wildman–Crippen LogP) is 1.49. The van der Waals surface area contributed by atoms with Crippen molar-refractivity contribution in [2.45, 2.75) is 38.5 Å². The Labute approximate surface area is 84.1 Å². The van der Waals surface area contributed by atoms with E-state index in [0.29, 0.717) is 5.92 Å². The third kappa shape index (κ3) is 2.12. The molecule has 1 saturated heterocycles. The van der Waals surface area contributed by atoms with Gasteiger partial charge in [0.15, 0.2) is 5.82 Å². The Morgan fingerprint density at radius 1 is 1.57 bits per heavy atom. The lowest BCUT2D eigenvalue weighted by atomic mass is 10.00. The molecule has 1 fully saturated rings. The van der Waals surface area contributed by atoms with E-state index >= 15 is 0 Å². The van der Waals surface area contributed by atoms with Gasteiger partial charge in [0.05, 0.1) is 5.92 Å². The lowest BCUT2D eigenvalue weighted by Crippen LogP contribution is -2.28. The first-order valence-corrected chi connectivity index (χ1v) is 5.43. The molecule has 0 aromatic carbocycles. The smallest absolute Gasteiger partial charge is 0.231 e. The van der Waals surface area contributed by atoms with E-state index in [1.165, 1.54) is 12.8 Å². The molecular weight excluding hydrogens is 178 g/mol. The van der Waals surface area contributed by atoms with E-state index < -0.39 is 0 Å². The molecule has 1 aromatic heterocycles. The third-order valence-electron chi connectivity index (χ3n) is 2.60. The molecule has 0 unspecified atom stereocenters. The summed E-state index contributed by atoms with van der Waals surface area (Å²) < 4.78 is 5.26. The minimum absolute atomic E-state index is 0.432. The number of nitrogens with zero attached hydrogens (tertiary/aromatic N) is 2. The summed E-state index contributed by atoms with van der Waals surface area (Å²) in [6, 6.07) is 0. The van der Waals surface area contributed by atoms with Crippen LogP contribution in [0.4, 0.5) is 0 Å². The lowest BCUT2D eigenvalue weighted by Gasteiger charge is -2.18. The second kappa shape index (κ2) is 4.55. The van der Waals surface area contributed by atoms with Crippen LogP contribution >= 0.6 is 0 Å². The Balaban J connectivity index is 2.00. The van der Waals surface area contributed by atoms with Gasteiger partial charge in [0.25, 0.3) is 0 Å². The zero-order valence-corrected chi connectivity index (χ0v) is 8.62. The number of hydrogen-bond acceptors (Lipinski definition) is 4. The molecule has 1 N–H and O–H groups in total. The highest BCUT2D eigenvalue weighted by molar-refractivity contribution is 4.96. The van der Waals surface area contributed by atoms with Crippen molar-refractivity contribution in [1.82, 2.24) is 15.5 Å². The van der Waals surface area contributed by atoms with Crippen molar-refractivity contribution in [3.05, 3.63) is 11.7 Å². The van der Waals surface area contributed by atoms with Crippen LogP contribution in [0.3, 0.4) is 0 Å². The molecule has 1 atom stereocenters. The topological polar surface area (TPSA) is 51.0 Å². The summed E-state index contributed by atoms with van der Waals surface area (Å²) in [6.45, 7) is 4.22. The van der Waals surface area contributed by atoms with E-state index in [1.807, 2.05) is 0 Å². The predicted molar refractivity (Wildman–Crippen MR) is 53.1 cm³/mol. The molecule has 1 aliphatic rings. The maximum Gasteiger partial charge on any atom is 0.231 e. The highest BCUT2D eigenvalue weighted by Gasteiger charge is 2.20. The van der Waals surface area contributed by atoms with Crippen LogP contribution in [-0.2, 0) is 6.42 Å². The Bertz CT molecular complexity index is 279. The molecule has 14 heavy (non-hydrogen) atoms. The first kappa shape index (κ1) is 9.65. The van der Waals surface area contributed by atoms with Gasteiger partial charge in [-0.2, -0.15) is 4.98 Å². The van der Waals surface area contributed by atoms with Crippen LogP contribution in [0, 0.1) is 0 Å². The van der Waals surface area contributed by atoms with Gasteiger partial charge in [-0.1, -0.05) is 12.1 Å². The van der Waals surface area contributed by atoms with Gasteiger partial charge in [0.1, 0.15) is 0 Å². The summed E-state index contributed by atoms with van der Waals surface area (Å²) in [7, 11) is 0. The highest BCUT2D eigenvalue weighted by Crippen LogP contribution is 2.21. The van der Waals surface area contributed by atoms with Gasteiger partial charge in [-0.15, -0.1) is 0 Å². The summed E-state index contributed by atoms with van der Waals surface area (Å²) in [5.41, 5.74) is 0. The summed E-state index contributed by atoms with van der Waals surface area (Å²) >= 11 is 0. The van der Waals surface area contributed by atoms with Gasteiger partial charge in [-0.3, -0.25) is 0 Å². The van der Waals surface area contributed by atoms with Gasteiger partial charge in [0, 0.05) is 13.0 Å². The van der Waals surface area contributed by atoms with Gasteiger partial charge >= 0.3 is 0 Å². The molecule has 0 saturated carbocycles. The lowest BCUT2D eigenvalue weighted by molar-refractivity contribution is 0.320. The number of piperidine rings is 1. The summed E-state index contributed by atoms with van der Waals surface area (Å²) in [4.78, 5) is 4.41. The third-order valence-corrected chi connectivity index (χ3v) is 2.60. The second-order valence-electron chi connectivity index (χ2n) is 3.84. The maximum atomic E-state index is 5.26. The van der Waals surface area contributed by atoms with Crippen molar-refractivity contribution >= 4 is 0 Å². The van der Waals surface area contributed by atoms with Crippen LogP contribution < -0.4 is 5.32 Å². The van der Waals surface area contributed by atoms with Crippen molar-refractivity contribution in [3.63, 3.8) is 0 Å². The Morgan fingerprint density at radius 3 is 3.21 bits per heavy atom. The molecule has 0 spiro atoms. The van der Waals surface area contributed by atoms with E-state index in [9.17, 15) is 0 Å². The van der Waals surface area contributed by atoms with Crippen molar-refractivity contribution < 1.29 is 4.52 Å². The quantitative estimate of drug-likeness (QED) is 0.794. The van der Waals surface area contributed by atoms with E-state index in [-0.39, 0.29) is 0 Å². The molecule has 78 valence electrons. The number of nitrogens with one attached hydrogen (secondary N) is 1. The van der Waals surface area contributed by atoms with Crippen LogP contribution in [0.5, 0.6) is 0 Å². The fourth-order valence-corrected chi connectivity index (χ4v) is 1.82. The van der Waals surface area contributed by atoms with E-state index in [0.717, 1.165) is 37.6 Å². The Hall–Kier alpha value is -0.900. The average molecular weight is 195 g/mol. The molecular formula is C10H17N3O. The number of hydrogen-bond donors (Lipinski definition) is 1. The van der Waals surface area contributed by atoms with Crippen LogP contribution in [-0.4, -0.2) is 23.2 Å². The van der Waals surface area contributed by atoms with Crippen LogP contribution in [0.15, 0.2) is 4.52 Å². The van der Waals surface area contributed by atoms with Crippen LogP contribution in [0.25, 0.3) is 0 Å². The molecule has 2 rings (SSSR count). The average Bonchev–Trinajstić information content (AvgIpc) is 2.68. The van der Waals surface area contributed by atoms with Gasteiger partial charge in [-0.25, -0.2) is 0 Å². The fraction of sp³-hybridized carbons (Fsp3) is 0.800. The zero-order chi connectivity index (χ0) is 9.80. The fourth-order valence-electron chi connectivity index (χ4n) is 1.82. The number of aromatic nitrogens is 2. The Kier molecular flexibility index (Phi) is 3.14. The van der Waals surface area contributed by atoms with E-state index in [2.05, 4.69) is 22.4 Å². The molecule has 2 heterocycles. The molecule has 0 amide bonds. The van der Waals surface area contributed by atoms with Crippen molar-refractivity contribution in [2.24, 2.45) is 0 Å². The van der Waals surface area contributed by atoms with E-state index in [4.69, 9.17) is 4.52 Å². The summed E-state index contributed by atoms with van der Waals surface area (Å²) in [5, 5.41) is 7.31. The standard InChI is InChI=1S/C10H17N3O/c1-2-4-9-12-10(14-13-9)8-5-3-6-11-7-8/h8,11H,2-7H2,1H3/t8-/m1/s1. The monoisotopic (exact) mass is 195 g/mol. The molecule has 1 aromatic rings. The SMILES string of the molecule is CCCc1noc([C@@H]2CCCNC2)n1. The number of aryl methyl sites for hydroxylation is 1. The van der Waals surface area contributed by atoms with Gasteiger partial charge in [0.2, 0.25) is 5.89 Å². The largest absolute Gasteiger partial charge is 0.339 e. The first-order chi connectivity index (χ1) is 6.90. The zero-order valence-electron chi connectivity index (χ0n) is 8.62. The van der Waals surface area contributed by atoms with Crippen LogP contribution in [0.1, 0.15) is 43.8 Å². The highest BCUT2D eigenvalue weighted by atomic mass is 16.5. The maximum absolute atomic E-state index is 5.26. The second-order valence-corrected chi connectivity index (χ2v) is 3.84. The van der Waals surface area contributed by atoms with Crippen molar-refractivity contribution in [3.8, 4) is 0 Å². The number of rotatable bonds is 3. The van der Waals surface area contributed by atoms with Crippen LogP contribution in [0.2, 0.25) is 0 Å². The first-order valence-electron chi connectivity index (χ1n) is 5.43. The molecule has 0 radical (unpaired) electrons. The van der Waals surface area contributed by atoms with Gasteiger partial charge in [-0.05, 0) is 25.8 Å². The minimum atomic E-state index is 0.432. The summed E-state index contributed by atoms with van der Waals surface area (Å²) in [6.07, 6.45) is 4.36. The normalized spacial score (nSPS) is 22.5. The van der Waals surface area contributed by atoms with E-state index in [1.54, 1.807) is 0 Å². The molecule has 0 aliphatic carbocycles. The van der Waals surface area contributed by atoms with Crippen molar-refractivity contribution in [1.29, 1.82) is 0 Å². The molecule has 1 aliphatic heterocycles.